The third kappa shape index (κ3) is 4.03. The summed E-state index contributed by atoms with van der Waals surface area (Å²) >= 11 is 0. The lowest BCUT2D eigenvalue weighted by atomic mass is 9.74. The van der Waals surface area contributed by atoms with Crippen LogP contribution in [0.15, 0.2) is 127 Å². The van der Waals surface area contributed by atoms with Crippen LogP contribution in [0.5, 0.6) is 0 Å². The van der Waals surface area contributed by atoms with E-state index in [1.165, 1.54) is 0 Å². The van der Waals surface area contributed by atoms with E-state index in [4.69, 9.17) is 16.2 Å². The third-order valence-corrected chi connectivity index (χ3v) is 9.37. The molecule has 7 aromatic carbocycles. The van der Waals surface area contributed by atoms with Crippen molar-refractivity contribution in [2.75, 3.05) is 0 Å². The highest BCUT2D eigenvalue weighted by Crippen LogP contribution is 2.44. The first-order valence-corrected chi connectivity index (χ1v) is 14.7. The molecule has 43 heavy (non-hydrogen) atoms. The van der Waals surface area contributed by atoms with Gasteiger partial charge in [-0.1, -0.05) is 121 Å². The average Bonchev–Trinajstić information content (AvgIpc) is 3.31. The maximum absolute atomic E-state index is 8.84. The van der Waals surface area contributed by atoms with Crippen molar-refractivity contribution in [3.05, 3.63) is 127 Å². The van der Waals surface area contributed by atoms with E-state index < -0.39 is 24.4 Å². The number of fused-ring (bicyclic) bond motifs is 5. The van der Waals surface area contributed by atoms with Crippen LogP contribution in [-0.4, -0.2) is 18.3 Å². The van der Waals surface area contributed by atoms with Gasteiger partial charge in [0, 0.05) is 0 Å². The quantitative estimate of drug-likeness (QED) is 0.121. The molecule has 1 aliphatic rings. The lowest BCUT2D eigenvalue weighted by molar-refractivity contribution is 0.00578. The topological polar surface area (TPSA) is 18.5 Å². The second-order valence-electron chi connectivity index (χ2n) is 12.4. The Bertz CT molecular complexity index is 2390. The van der Waals surface area contributed by atoms with E-state index in [9.17, 15) is 0 Å². The first-order valence-electron chi connectivity index (χ1n) is 17.2. The molecule has 0 saturated carbocycles. The normalized spacial score (nSPS) is 17.7. The summed E-state index contributed by atoms with van der Waals surface area (Å²) in [4.78, 5) is 0. The molecule has 2 nitrogen and oxygen atoms in total. The standard InChI is InChI=1S/C40H33BO2/c1-39(2)40(3,4)43-41(42-39)36-25-28-24-27(22-23-29(28)30-16-8-9-17-31(30)36)38-34-20-12-10-18-32(34)37(26-14-6-5-7-15-26)33-19-11-13-21-35(33)38/h5-25H,1-4H3/i5D,6D,7D,14D,15D. The van der Waals surface area contributed by atoms with Gasteiger partial charge in [-0.3, -0.25) is 0 Å². The highest BCUT2D eigenvalue weighted by atomic mass is 16.7. The van der Waals surface area contributed by atoms with Crippen molar-refractivity contribution in [3.8, 4) is 22.3 Å². The Morgan fingerprint density at radius 2 is 1.00 bits per heavy atom. The maximum Gasteiger partial charge on any atom is 0.495 e. The van der Waals surface area contributed by atoms with Crippen LogP contribution >= 0.6 is 0 Å². The number of benzene rings is 7. The first kappa shape index (κ1) is 21.3. The lowest BCUT2D eigenvalue weighted by Gasteiger charge is -2.32. The molecular formula is C40H33BO2. The van der Waals surface area contributed by atoms with E-state index in [0.29, 0.717) is 5.56 Å². The van der Waals surface area contributed by atoms with Crippen molar-refractivity contribution in [1.82, 2.24) is 0 Å². The molecule has 0 amide bonds. The van der Waals surface area contributed by atoms with Gasteiger partial charge in [-0.05, 0) is 105 Å². The van der Waals surface area contributed by atoms with Crippen LogP contribution in [0.25, 0.3) is 65.3 Å². The van der Waals surface area contributed by atoms with Gasteiger partial charge in [-0.25, -0.2) is 0 Å². The Labute approximate surface area is 260 Å². The SMILES string of the molecule is [2H]c1c([2H])c([2H])c(-c2c3ccccc3c(-c3ccc4c(c3)cc(B3OC(C)(C)C(C)(C)O3)c3ccccc34)c3ccccc23)c([2H])c1[2H]. The van der Waals surface area contributed by atoms with Gasteiger partial charge in [-0.15, -0.1) is 0 Å². The largest absolute Gasteiger partial charge is 0.495 e. The van der Waals surface area contributed by atoms with E-state index >= 15 is 0 Å². The molecule has 1 aliphatic heterocycles. The van der Waals surface area contributed by atoms with E-state index in [1.807, 2.05) is 42.5 Å². The molecule has 0 atom stereocenters. The van der Waals surface area contributed by atoms with Gasteiger partial charge in [0.1, 0.15) is 0 Å². The lowest BCUT2D eigenvalue weighted by Crippen LogP contribution is -2.41. The fraction of sp³-hybridized carbons (Fsp3) is 0.150. The van der Waals surface area contributed by atoms with E-state index in [0.717, 1.165) is 59.7 Å². The van der Waals surface area contributed by atoms with Crippen molar-refractivity contribution in [1.29, 1.82) is 0 Å². The molecule has 3 heteroatoms. The summed E-state index contributed by atoms with van der Waals surface area (Å²) in [5.74, 6) is 0. The molecule has 1 heterocycles. The number of rotatable bonds is 3. The van der Waals surface area contributed by atoms with Gasteiger partial charge < -0.3 is 9.31 Å². The van der Waals surface area contributed by atoms with E-state index in [2.05, 4.69) is 82.3 Å². The molecule has 0 aromatic heterocycles. The highest BCUT2D eigenvalue weighted by molar-refractivity contribution is 6.65. The summed E-state index contributed by atoms with van der Waals surface area (Å²) in [5.41, 5.74) is 2.90. The zero-order valence-corrected chi connectivity index (χ0v) is 24.6. The van der Waals surface area contributed by atoms with Crippen LogP contribution in [0.2, 0.25) is 0 Å². The van der Waals surface area contributed by atoms with E-state index in [-0.39, 0.29) is 29.7 Å². The van der Waals surface area contributed by atoms with Crippen LogP contribution in [0.1, 0.15) is 34.5 Å². The van der Waals surface area contributed by atoms with Gasteiger partial charge in [0.15, 0.2) is 0 Å². The molecule has 0 aliphatic carbocycles. The number of hydrogen-bond donors (Lipinski definition) is 0. The molecule has 0 radical (unpaired) electrons. The smallest absolute Gasteiger partial charge is 0.399 e. The van der Waals surface area contributed by atoms with Crippen molar-refractivity contribution >= 4 is 55.7 Å². The molecule has 0 N–H and O–H groups in total. The predicted molar refractivity (Wildman–Crippen MR) is 183 cm³/mol. The van der Waals surface area contributed by atoms with Gasteiger partial charge in [0.25, 0.3) is 0 Å². The summed E-state index contributed by atoms with van der Waals surface area (Å²) in [7, 11) is -0.522. The van der Waals surface area contributed by atoms with Crippen molar-refractivity contribution < 1.29 is 16.2 Å². The predicted octanol–water partition coefficient (Wildman–Crippen LogP) is 9.93. The Balaban J connectivity index is 1.43. The Kier molecular flexibility index (Phi) is 4.72. The molecule has 7 aromatic rings. The third-order valence-electron chi connectivity index (χ3n) is 9.37. The van der Waals surface area contributed by atoms with Crippen LogP contribution in [0.4, 0.5) is 0 Å². The summed E-state index contributed by atoms with van der Waals surface area (Å²) in [6, 6.07) is 31.5. The Morgan fingerprint density at radius 1 is 0.512 bits per heavy atom. The van der Waals surface area contributed by atoms with Crippen LogP contribution in [0.3, 0.4) is 0 Å². The first-order chi connectivity index (χ1) is 22.9. The fourth-order valence-electron chi connectivity index (χ4n) is 6.55. The maximum atomic E-state index is 8.84. The molecule has 1 fully saturated rings. The number of hydrogen-bond acceptors (Lipinski definition) is 2. The second kappa shape index (κ2) is 9.54. The molecule has 1 saturated heterocycles. The second-order valence-corrected chi connectivity index (χ2v) is 12.4. The summed E-state index contributed by atoms with van der Waals surface area (Å²) in [6.45, 7) is 8.27. The van der Waals surface area contributed by atoms with Gasteiger partial charge in [-0.2, -0.15) is 0 Å². The summed E-state index contributed by atoms with van der Waals surface area (Å²) in [6.07, 6.45) is 0. The molecular weight excluding hydrogens is 523 g/mol. The van der Waals surface area contributed by atoms with Crippen molar-refractivity contribution in [2.24, 2.45) is 0 Å². The van der Waals surface area contributed by atoms with Gasteiger partial charge >= 0.3 is 7.12 Å². The van der Waals surface area contributed by atoms with Crippen LogP contribution in [-0.2, 0) is 9.31 Å². The molecule has 208 valence electrons. The van der Waals surface area contributed by atoms with Crippen molar-refractivity contribution in [3.63, 3.8) is 0 Å². The minimum absolute atomic E-state index is 0.206. The Hall–Kier alpha value is -4.44. The fourth-order valence-corrected chi connectivity index (χ4v) is 6.55. The van der Waals surface area contributed by atoms with Crippen molar-refractivity contribution in [2.45, 2.75) is 38.9 Å². The zero-order chi connectivity index (χ0) is 33.7. The minimum atomic E-state index is -0.522. The van der Waals surface area contributed by atoms with Crippen LogP contribution < -0.4 is 5.46 Å². The van der Waals surface area contributed by atoms with E-state index in [1.54, 1.807) is 0 Å². The molecule has 0 bridgehead atoms. The monoisotopic (exact) mass is 561 g/mol. The zero-order valence-electron chi connectivity index (χ0n) is 29.6. The van der Waals surface area contributed by atoms with Gasteiger partial charge in [0.05, 0.1) is 18.1 Å². The minimum Gasteiger partial charge on any atom is -0.399 e. The highest BCUT2D eigenvalue weighted by Gasteiger charge is 2.52. The van der Waals surface area contributed by atoms with Gasteiger partial charge in [0.2, 0.25) is 0 Å². The molecule has 0 unspecified atom stereocenters. The molecule has 0 spiro atoms. The average molecular weight is 562 g/mol. The summed E-state index contributed by atoms with van der Waals surface area (Å²) < 4.78 is 55.8. The van der Waals surface area contributed by atoms with Crippen LogP contribution in [0, 0.1) is 0 Å². The molecule has 8 rings (SSSR count). The summed E-state index contributed by atoms with van der Waals surface area (Å²) in [5, 5.41) is 7.90. The Morgan fingerprint density at radius 3 is 1.56 bits per heavy atom.